The van der Waals surface area contributed by atoms with Crippen LogP contribution in [0, 0.1) is 17.1 Å². The van der Waals surface area contributed by atoms with Gasteiger partial charge in [-0.2, -0.15) is 5.26 Å². The third-order valence-electron chi connectivity index (χ3n) is 3.24. The van der Waals surface area contributed by atoms with Crippen molar-refractivity contribution in [1.29, 1.82) is 5.26 Å². The van der Waals surface area contributed by atoms with Crippen molar-refractivity contribution in [3.63, 3.8) is 0 Å². The minimum Gasteiger partial charge on any atom is -0.427 e. The average Bonchev–Trinajstić information content (AvgIpc) is 2.26. The first-order chi connectivity index (χ1) is 8.17. The molecule has 0 aliphatic rings. The topological polar surface area (TPSA) is 53.2 Å². The van der Waals surface area contributed by atoms with Crippen molar-refractivity contribution in [1.82, 2.24) is 0 Å². The van der Waals surface area contributed by atoms with Crippen molar-refractivity contribution in [2.75, 3.05) is 0 Å². The SMILES string of the molecule is CC(C)(O)C(C)(C)OBc1cc(C#N)ccc1F. The highest BCUT2D eigenvalue weighted by atomic mass is 19.1. The third-order valence-corrected chi connectivity index (χ3v) is 3.24. The van der Waals surface area contributed by atoms with Gasteiger partial charge in [0.1, 0.15) is 5.82 Å². The van der Waals surface area contributed by atoms with E-state index in [4.69, 9.17) is 9.92 Å². The standard InChI is InChI=1S/C13H17BFNO2/c1-12(2,17)13(3,4)18-14-10-7-9(8-16)5-6-11(10)15/h5-7,14,17H,1-4H3. The van der Waals surface area contributed by atoms with Gasteiger partial charge in [0, 0.05) is 0 Å². The third kappa shape index (κ3) is 3.31. The maximum absolute atomic E-state index is 13.5. The van der Waals surface area contributed by atoms with E-state index in [0.29, 0.717) is 11.0 Å². The smallest absolute Gasteiger partial charge is 0.312 e. The van der Waals surface area contributed by atoms with Gasteiger partial charge in [-0.25, -0.2) is 4.39 Å². The second kappa shape index (κ2) is 5.09. The van der Waals surface area contributed by atoms with Gasteiger partial charge in [0.05, 0.1) is 22.8 Å². The monoisotopic (exact) mass is 249 g/mol. The molecule has 1 rings (SSSR count). The van der Waals surface area contributed by atoms with Crippen molar-refractivity contribution in [2.24, 2.45) is 0 Å². The fraction of sp³-hybridized carbons (Fsp3) is 0.462. The van der Waals surface area contributed by atoms with E-state index in [1.54, 1.807) is 27.7 Å². The number of aliphatic hydroxyl groups is 1. The van der Waals surface area contributed by atoms with Crippen molar-refractivity contribution >= 4 is 12.9 Å². The van der Waals surface area contributed by atoms with Crippen LogP contribution in [0.25, 0.3) is 0 Å². The van der Waals surface area contributed by atoms with Crippen LogP contribution in [0.5, 0.6) is 0 Å². The molecule has 0 saturated carbocycles. The number of hydrogen-bond acceptors (Lipinski definition) is 3. The lowest BCUT2D eigenvalue weighted by Gasteiger charge is -2.37. The minimum absolute atomic E-state index is 0.0122. The van der Waals surface area contributed by atoms with Crippen molar-refractivity contribution in [3.8, 4) is 6.07 Å². The Bertz CT molecular complexity index is 475. The van der Waals surface area contributed by atoms with Crippen LogP contribution < -0.4 is 5.46 Å². The molecule has 0 bridgehead atoms. The summed E-state index contributed by atoms with van der Waals surface area (Å²) in [6.45, 7) is 6.74. The van der Waals surface area contributed by atoms with Crippen LogP contribution in [0.4, 0.5) is 4.39 Å². The predicted octanol–water partition coefficient (Wildman–Crippen LogP) is 1.24. The first-order valence-electron chi connectivity index (χ1n) is 5.72. The Morgan fingerprint density at radius 1 is 1.33 bits per heavy atom. The molecule has 96 valence electrons. The molecular weight excluding hydrogens is 232 g/mol. The van der Waals surface area contributed by atoms with Crippen molar-refractivity contribution in [2.45, 2.75) is 38.9 Å². The highest BCUT2D eigenvalue weighted by molar-refractivity contribution is 6.47. The van der Waals surface area contributed by atoms with Crippen molar-refractivity contribution < 1.29 is 14.2 Å². The van der Waals surface area contributed by atoms with E-state index >= 15 is 0 Å². The van der Waals surface area contributed by atoms with Crippen LogP contribution in [-0.2, 0) is 4.65 Å². The van der Waals surface area contributed by atoms with Gasteiger partial charge in [-0.15, -0.1) is 0 Å². The maximum atomic E-state index is 13.5. The van der Waals surface area contributed by atoms with E-state index in [2.05, 4.69) is 0 Å². The molecule has 3 nitrogen and oxygen atoms in total. The fourth-order valence-corrected chi connectivity index (χ4v) is 1.19. The van der Waals surface area contributed by atoms with Gasteiger partial charge in [0.2, 0.25) is 0 Å². The molecule has 1 N–H and O–H groups in total. The van der Waals surface area contributed by atoms with Crippen LogP contribution in [0.1, 0.15) is 33.3 Å². The first-order valence-corrected chi connectivity index (χ1v) is 5.72. The molecule has 5 heteroatoms. The molecule has 0 atom stereocenters. The highest BCUT2D eigenvalue weighted by Gasteiger charge is 2.35. The average molecular weight is 249 g/mol. The van der Waals surface area contributed by atoms with Gasteiger partial charge in [0.15, 0.2) is 0 Å². The van der Waals surface area contributed by atoms with E-state index < -0.39 is 17.0 Å². The molecule has 0 heterocycles. The van der Waals surface area contributed by atoms with Crippen LogP contribution in [-0.4, -0.2) is 23.8 Å². The zero-order valence-corrected chi connectivity index (χ0v) is 11.1. The summed E-state index contributed by atoms with van der Waals surface area (Å²) in [5.74, 6) is -0.416. The summed E-state index contributed by atoms with van der Waals surface area (Å²) in [6, 6.07) is 6.07. The summed E-state index contributed by atoms with van der Waals surface area (Å²) in [5, 5.41) is 18.7. The van der Waals surface area contributed by atoms with Crippen LogP contribution >= 0.6 is 0 Å². The zero-order chi connectivity index (χ0) is 14.0. The van der Waals surface area contributed by atoms with E-state index in [1.807, 2.05) is 6.07 Å². The van der Waals surface area contributed by atoms with Gasteiger partial charge in [-0.3, -0.25) is 0 Å². The molecule has 0 fully saturated rings. The summed E-state index contributed by atoms with van der Waals surface area (Å²) in [4.78, 5) is 0. The van der Waals surface area contributed by atoms with E-state index in [0.717, 1.165) is 0 Å². The summed E-state index contributed by atoms with van der Waals surface area (Å²) >= 11 is 0. The van der Waals surface area contributed by atoms with E-state index in [9.17, 15) is 9.50 Å². The van der Waals surface area contributed by atoms with Crippen LogP contribution in [0.2, 0.25) is 0 Å². The molecule has 0 aliphatic carbocycles. The van der Waals surface area contributed by atoms with Gasteiger partial charge in [-0.1, -0.05) is 0 Å². The molecule has 1 aromatic rings. The summed E-state index contributed by atoms with van der Waals surface area (Å²) in [5.41, 5.74) is -1.17. The zero-order valence-electron chi connectivity index (χ0n) is 11.1. The summed E-state index contributed by atoms with van der Waals surface area (Å²) in [7, 11) is 0.0122. The second-order valence-corrected chi connectivity index (χ2v) is 5.28. The Morgan fingerprint density at radius 3 is 2.44 bits per heavy atom. The van der Waals surface area contributed by atoms with Crippen LogP contribution in [0.15, 0.2) is 18.2 Å². The van der Waals surface area contributed by atoms with Crippen LogP contribution in [0.3, 0.4) is 0 Å². The molecule has 0 unspecified atom stereocenters. The van der Waals surface area contributed by atoms with Gasteiger partial charge < -0.3 is 9.76 Å². The minimum atomic E-state index is -1.05. The number of benzene rings is 1. The Kier molecular flexibility index (Phi) is 4.15. The summed E-state index contributed by atoms with van der Waals surface area (Å²) < 4.78 is 19.1. The number of halogens is 1. The molecule has 18 heavy (non-hydrogen) atoms. The van der Waals surface area contributed by atoms with Gasteiger partial charge in [0.25, 0.3) is 0 Å². The molecule has 0 aliphatic heterocycles. The van der Waals surface area contributed by atoms with Crippen molar-refractivity contribution in [3.05, 3.63) is 29.6 Å². The van der Waals surface area contributed by atoms with E-state index in [-0.39, 0.29) is 7.48 Å². The molecule has 1 aromatic carbocycles. The normalized spacial score (nSPS) is 12.1. The number of nitrogens with zero attached hydrogens (tertiary/aromatic N) is 1. The molecule has 0 radical (unpaired) electrons. The quantitative estimate of drug-likeness (QED) is 0.817. The lowest BCUT2D eigenvalue weighted by Crippen LogP contribution is -2.49. The molecule has 0 saturated heterocycles. The largest absolute Gasteiger partial charge is 0.427 e. The number of rotatable bonds is 4. The molecule has 0 spiro atoms. The predicted molar refractivity (Wildman–Crippen MR) is 69.4 cm³/mol. The number of nitriles is 1. The Morgan fingerprint density at radius 2 is 1.94 bits per heavy atom. The first kappa shape index (κ1) is 14.7. The highest BCUT2D eigenvalue weighted by Crippen LogP contribution is 2.24. The lowest BCUT2D eigenvalue weighted by atomic mass is 9.82. The van der Waals surface area contributed by atoms with Gasteiger partial charge in [-0.05, 0) is 51.4 Å². The van der Waals surface area contributed by atoms with Gasteiger partial charge >= 0.3 is 7.48 Å². The number of hydrogen-bond donors (Lipinski definition) is 1. The Balaban J connectivity index is 2.84. The second-order valence-electron chi connectivity index (χ2n) is 5.28. The summed E-state index contributed by atoms with van der Waals surface area (Å²) in [6.07, 6.45) is 0. The molecule has 0 aromatic heterocycles. The van der Waals surface area contributed by atoms with E-state index in [1.165, 1.54) is 18.2 Å². The Labute approximate surface area is 107 Å². The fourth-order valence-electron chi connectivity index (χ4n) is 1.19. The molecule has 0 amide bonds. The Hall–Kier alpha value is -1.38. The maximum Gasteiger partial charge on any atom is 0.312 e. The lowest BCUT2D eigenvalue weighted by molar-refractivity contribution is -0.0893. The molecular formula is C13H17BFNO2.